The van der Waals surface area contributed by atoms with E-state index < -0.39 is 4.92 Å². The molecule has 14 heavy (non-hydrogen) atoms. The average molecular weight is 257 g/mol. The first-order valence-corrected chi connectivity index (χ1v) is 4.38. The zero-order valence-electron chi connectivity index (χ0n) is 7.15. The van der Waals surface area contributed by atoms with Crippen LogP contribution >= 0.6 is 15.9 Å². The summed E-state index contributed by atoms with van der Waals surface area (Å²) in [5.74, 6) is 0. The Labute approximate surface area is 87.7 Å². The Hall–Kier alpha value is -1.52. The number of benzene rings is 1. The first-order valence-electron chi connectivity index (χ1n) is 3.58. The third-order valence-electron chi connectivity index (χ3n) is 1.59. The number of aliphatic imine (C=N–C) groups is 1. The summed E-state index contributed by atoms with van der Waals surface area (Å²) in [5.41, 5.74) is 0.284. The van der Waals surface area contributed by atoms with E-state index in [-0.39, 0.29) is 11.4 Å². The Morgan fingerprint density at radius 1 is 1.57 bits per heavy atom. The fourth-order valence-corrected chi connectivity index (χ4v) is 1.65. The number of hydrogen-bond acceptors (Lipinski definition) is 4. The summed E-state index contributed by atoms with van der Waals surface area (Å²) < 4.78 is 0.634. The van der Waals surface area contributed by atoms with Crippen LogP contribution in [0.1, 0.15) is 5.56 Å². The molecule has 0 atom stereocenters. The molecule has 0 saturated carbocycles. The predicted molar refractivity (Wildman–Crippen MR) is 53.3 cm³/mol. The highest BCUT2D eigenvalue weighted by molar-refractivity contribution is 9.10. The van der Waals surface area contributed by atoms with E-state index in [1.165, 1.54) is 12.1 Å². The largest absolute Gasteiger partial charge is 0.298 e. The molecule has 0 aliphatic rings. The standard InChI is InChI=1S/C8H5BrN2O3/c1-5-2-6(9)3-7(10-4-12)8(5)11(13)14/h2-3H,1H3. The molecule has 0 aliphatic carbocycles. The van der Waals surface area contributed by atoms with E-state index in [4.69, 9.17) is 0 Å². The number of nitro groups is 1. The third-order valence-corrected chi connectivity index (χ3v) is 2.05. The van der Waals surface area contributed by atoms with Crippen molar-refractivity contribution >= 4 is 33.4 Å². The van der Waals surface area contributed by atoms with E-state index in [9.17, 15) is 14.9 Å². The summed E-state index contributed by atoms with van der Waals surface area (Å²) in [6.07, 6.45) is 1.28. The highest BCUT2D eigenvalue weighted by atomic mass is 79.9. The molecule has 0 radical (unpaired) electrons. The van der Waals surface area contributed by atoms with Crippen LogP contribution in [0.2, 0.25) is 0 Å². The van der Waals surface area contributed by atoms with Gasteiger partial charge in [-0.25, -0.2) is 4.79 Å². The maximum Gasteiger partial charge on any atom is 0.298 e. The monoisotopic (exact) mass is 256 g/mol. The summed E-state index contributed by atoms with van der Waals surface area (Å²) in [7, 11) is 0. The molecule has 0 aromatic heterocycles. The van der Waals surface area contributed by atoms with Crippen LogP contribution in [-0.2, 0) is 4.79 Å². The van der Waals surface area contributed by atoms with Gasteiger partial charge in [0.25, 0.3) is 5.69 Å². The van der Waals surface area contributed by atoms with Gasteiger partial charge in [-0.15, -0.1) is 0 Å². The topological polar surface area (TPSA) is 72.6 Å². The number of isocyanates is 1. The molecule has 0 unspecified atom stereocenters. The maximum atomic E-state index is 10.6. The summed E-state index contributed by atoms with van der Waals surface area (Å²) in [6.45, 7) is 1.58. The first-order chi connectivity index (χ1) is 6.56. The van der Waals surface area contributed by atoms with Crippen LogP contribution in [0.3, 0.4) is 0 Å². The Morgan fingerprint density at radius 3 is 2.71 bits per heavy atom. The van der Waals surface area contributed by atoms with Crippen LogP contribution in [0, 0.1) is 17.0 Å². The van der Waals surface area contributed by atoms with Crippen molar-refractivity contribution in [2.45, 2.75) is 6.92 Å². The molecule has 0 spiro atoms. The Bertz CT molecular complexity index is 438. The zero-order valence-corrected chi connectivity index (χ0v) is 8.74. The molecule has 0 heterocycles. The Kier molecular flexibility index (Phi) is 3.11. The molecule has 1 aromatic rings. The van der Waals surface area contributed by atoms with Crippen LogP contribution in [0.15, 0.2) is 21.6 Å². The van der Waals surface area contributed by atoms with E-state index in [0.29, 0.717) is 10.0 Å². The molecule has 0 amide bonds. The number of nitrogens with zero attached hydrogens (tertiary/aromatic N) is 2. The predicted octanol–water partition coefficient (Wildman–Crippen LogP) is 2.63. The van der Waals surface area contributed by atoms with Crippen LogP contribution in [-0.4, -0.2) is 11.0 Å². The van der Waals surface area contributed by atoms with Gasteiger partial charge in [0.15, 0.2) is 5.69 Å². The van der Waals surface area contributed by atoms with Gasteiger partial charge >= 0.3 is 0 Å². The van der Waals surface area contributed by atoms with E-state index in [0.717, 1.165) is 0 Å². The van der Waals surface area contributed by atoms with Crippen molar-refractivity contribution in [2.75, 3.05) is 0 Å². The van der Waals surface area contributed by atoms with Crippen LogP contribution in [0.5, 0.6) is 0 Å². The van der Waals surface area contributed by atoms with E-state index >= 15 is 0 Å². The second-order valence-electron chi connectivity index (χ2n) is 2.55. The minimum Gasteiger partial charge on any atom is -0.258 e. The van der Waals surface area contributed by atoms with Crippen LogP contribution in [0.4, 0.5) is 11.4 Å². The quantitative estimate of drug-likeness (QED) is 0.354. The summed E-state index contributed by atoms with van der Waals surface area (Å²) in [5, 5.41) is 10.6. The molecular formula is C8H5BrN2O3. The Morgan fingerprint density at radius 2 is 2.21 bits per heavy atom. The lowest BCUT2D eigenvalue weighted by molar-refractivity contribution is -0.384. The van der Waals surface area contributed by atoms with Crippen LogP contribution < -0.4 is 0 Å². The van der Waals surface area contributed by atoms with Crippen molar-refractivity contribution in [3.05, 3.63) is 32.3 Å². The number of rotatable bonds is 2. The van der Waals surface area contributed by atoms with Crippen molar-refractivity contribution in [1.82, 2.24) is 0 Å². The van der Waals surface area contributed by atoms with Gasteiger partial charge in [0, 0.05) is 10.0 Å². The molecule has 0 saturated heterocycles. The summed E-state index contributed by atoms with van der Waals surface area (Å²) in [6, 6.07) is 2.98. The second kappa shape index (κ2) is 4.13. The van der Waals surface area contributed by atoms with Gasteiger partial charge in [-0.1, -0.05) is 15.9 Å². The maximum absolute atomic E-state index is 10.6. The minimum absolute atomic E-state index is 0.0110. The normalized spacial score (nSPS) is 9.29. The van der Waals surface area contributed by atoms with Crippen molar-refractivity contribution in [1.29, 1.82) is 0 Å². The van der Waals surface area contributed by atoms with Crippen molar-refractivity contribution in [3.8, 4) is 0 Å². The third kappa shape index (κ3) is 2.04. The highest BCUT2D eigenvalue weighted by Crippen LogP contribution is 2.33. The van der Waals surface area contributed by atoms with Gasteiger partial charge in [-0.2, -0.15) is 4.99 Å². The Balaban J connectivity index is 3.51. The van der Waals surface area contributed by atoms with Gasteiger partial charge < -0.3 is 0 Å². The molecule has 1 rings (SSSR count). The van der Waals surface area contributed by atoms with Crippen molar-refractivity contribution in [2.24, 2.45) is 4.99 Å². The molecular weight excluding hydrogens is 252 g/mol. The number of halogens is 1. The molecule has 0 N–H and O–H groups in total. The molecule has 5 nitrogen and oxygen atoms in total. The van der Waals surface area contributed by atoms with Crippen molar-refractivity contribution < 1.29 is 9.72 Å². The smallest absolute Gasteiger partial charge is 0.258 e. The molecule has 1 aromatic carbocycles. The number of nitro benzene ring substituents is 1. The lowest BCUT2D eigenvalue weighted by Crippen LogP contribution is -1.92. The van der Waals surface area contributed by atoms with Gasteiger partial charge in [0.05, 0.1) is 4.92 Å². The SMILES string of the molecule is Cc1cc(Br)cc(N=C=O)c1[N+](=O)[O-]. The number of carbonyl (C=O) groups excluding carboxylic acids is 1. The lowest BCUT2D eigenvalue weighted by Gasteiger charge is -2.00. The lowest BCUT2D eigenvalue weighted by atomic mass is 10.2. The molecule has 72 valence electrons. The van der Waals surface area contributed by atoms with E-state index in [1.807, 2.05) is 0 Å². The van der Waals surface area contributed by atoms with E-state index in [2.05, 4.69) is 20.9 Å². The average Bonchev–Trinajstić information content (AvgIpc) is 2.01. The highest BCUT2D eigenvalue weighted by Gasteiger charge is 2.17. The summed E-state index contributed by atoms with van der Waals surface area (Å²) >= 11 is 3.15. The van der Waals surface area contributed by atoms with Gasteiger partial charge in [-0.05, 0) is 19.1 Å². The fraction of sp³-hybridized carbons (Fsp3) is 0.125. The molecule has 0 aliphatic heterocycles. The second-order valence-corrected chi connectivity index (χ2v) is 3.47. The zero-order chi connectivity index (χ0) is 10.7. The molecule has 0 bridgehead atoms. The van der Waals surface area contributed by atoms with Gasteiger partial charge in [-0.3, -0.25) is 10.1 Å². The fourth-order valence-electron chi connectivity index (χ4n) is 1.09. The first kappa shape index (κ1) is 10.6. The number of aryl methyl sites for hydroxylation is 1. The van der Waals surface area contributed by atoms with Crippen molar-refractivity contribution in [3.63, 3.8) is 0 Å². The number of hydrogen-bond donors (Lipinski definition) is 0. The van der Waals surface area contributed by atoms with Gasteiger partial charge in [0.1, 0.15) is 0 Å². The van der Waals surface area contributed by atoms with E-state index in [1.54, 1.807) is 13.0 Å². The van der Waals surface area contributed by atoms with Gasteiger partial charge in [0.2, 0.25) is 6.08 Å². The molecule has 6 heteroatoms. The minimum atomic E-state index is -0.571. The van der Waals surface area contributed by atoms with Crippen LogP contribution in [0.25, 0.3) is 0 Å². The summed E-state index contributed by atoms with van der Waals surface area (Å²) in [4.78, 5) is 23.4. The molecule has 0 fully saturated rings.